The van der Waals surface area contributed by atoms with Gasteiger partial charge in [0.05, 0.1) is 23.8 Å². The maximum Gasteiger partial charge on any atom is 0.573 e. The Bertz CT molecular complexity index is 600. The van der Waals surface area contributed by atoms with Crippen LogP contribution in [0.5, 0.6) is 5.75 Å². The van der Waals surface area contributed by atoms with Crippen LogP contribution in [0.25, 0.3) is 0 Å². The highest BCUT2D eigenvalue weighted by molar-refractivity contribution is 5.93. The Morgan fingerprint density at radius 2 is 1.76 bits per heavy atom. The molecule has 0 radical (unpaired) electrons. The topological polar surface area (TPSA) is 59.3 Å². The largest absolute Gasteiger partial charge is 0.573 e. The van der Waals surface area contributed by atoms with Crippen molar-refractivity contribution >= 4 is 5.97 Å². The molecule has 0 aliphatic rings. The van der Waals surface area contributed by atoms with Crippen molar-refractivity contribution in [2.24, 2.45) is 0 Å². The Kier molecular flexibility index (Phi) is 4.36. The lowest BCUT2D eigenvalue weighted by Crippen LogP contribution is -2.19. The highest BCUT2D eigenvalue weighted by atomic mass is 19.4. The van der Waals surface area contributed by atoms with Crippen LogP contribution in [-0.4, -0.2) is 19.4 Å². The van der Waals surface area contributed by atoms with E-state index in [0.717, 1.165) is 13.2 Å². The Hall–Kier alpha value is -2.44. The van der Waals surface area contributed by atoms with Crippen LogP contribution in [0, 0.1) is 11.3 Å². The van der Waals surface area contributed by atoms with Crippen LogP contribution in [0.15, 0.2) is 12.1 Å². The second-order valence-electron chi connectivity index (χ2n) is 3.54. The quantitative estimate of drug-likeness (QED) is 0.621. The van der Waals surface area contributed by atoms with Gasteiger partial charge in [-0.25, -0.2) is 4.79 Å². The first-order valence-electron chi connectivity index (χ1n) is 4.99. The minimum absolute atomic E-state index is 0.0154. The Morgan fingerprint density at radius 1 is 1.19 bits per heavy atom. The second kappa shape index (κ2) is 5.51. The highest BCUT2D eigenvalue weighted by Gasteiger charge is 2.38. The van der Waals surface area contributed by atoms with E-state index in [-0.39, 0.29) is 6.07 Å². The lowest BCUT2D eigenvalue weighted by Gasteiger charge is -2.15. The lowest BCUT2D eigenvalue weighted by atomic mass is 10.0. The summed E-state index contributed by atoms with van der Waals surface area (Å²) in [5.41, 5.74) is -3.86. The first-order chi connectivity index (χ1) is 9.49. The van der Waals surface area contributed by atoms with Gasteiger partial charge in [-0.15, -0.1) is 13.2 Å². The lowest BCUT2D eigenvalue weighted by molar-refractivity contribution is -0.274. The van der Waals surface area contributed by atoms with E-state index >= 15 is 0 Å². The number of carbonyl (C=O) groups is 1. The molecule has 114 valence electrons. The molecule has 1 aromatic carbocycles. The summed E-state index contributed by atoms with van der Waals surface area (Å²) in [5, 5.41) is 8.71. The van der Waals surface area contributed by atoms with Crippen molar-refractivity contribution in [3.63, 3.8) is 0 Å². The van der Waals surface area contributed by atoms with Gasteiger partial charge in [-0.2, -0.15) is 18.4 Å². The van der Waals surface area contributed by atoms with Gasteiger partial charge in [0.15, 0.2) is 0 Å². The summed E-state index contributed by atoms with van der Waals surface area (Å²) in [6.07, 6.45) is -10.4. The molecule has 0 aliphatic heterocycles. The molecule has 1 aromatic rings. The summed E-state index contributed by atoms with van der Waals surface area (Å²) in [7, 11) is 0.800. The van der Waals surface area contributed by atoms with Crippen molar-refractivity contribution < 1.29 is 40.6 Å². The molecule has 1 rings (SSSR count). The zero-order chi connectivity index (χ0) is 16.4. The molecule has 4 nitrogen and oxygen atoms in total. The van der Waals surface area contributed by atoms with Crippen molar-refractivity contribution in [1.82, 2.24) is 0 Å². The first kappa shape index (κ1) is 16.6. The van der Waals surface area contributed by atoms with Crippen LogP contribution in [-0.2, 0) is 10.9 Å². The second-order valence-corrected chi connectivity index (χ2v) is 3.54. The molecular weight excluding hydrogens is 308 g/mol. The van der Waals surface area contributed by atoms with E-state index in [1.807, 2.05) is 0 Å². The van der Waals surface area contributed by atoms with Gasteiger partial charge in [0.2, 0.25) is 0 Å². The van der Waals surface area contributed by atoms with Gasteiger partial charge < -0.3 is 9.47 Å². The molecular formula is C11H5F6NO3. The van der Waals surface area contributed by atoms with Gasteiger partial charge in [-0.05, 0) is 12.1 Å². The molecule has 0 fully saturated rings. The average molecular weight is 313 g/mol. The number of hydrogen-bond acceptors (Lipinski definition) is 4. The van der Waals surface area contributed by atoms with E-state index in [1.165, 1.54) is 0 Å². The third-order valence-electron chi connectivity index (χ3n) is 2.17. The Balaban J connectivity index is 3.60. The number of halogens is 6. The van der Waals surface area contributed by atoms with Gasteiger partial charge in [0.25, 0.3) is 0 Å². The predicted octanol–water partition coefficient (Wildman–Crippen LogP) is 3.26. The fourth-order valence-corrected chi connectivity index (χ4v) is 1.42. The molecule has 0 unspecified atom stereocenters. The van der Waals surface area contributed by atoms with Gasteiger partial charge in [0, 0.05) is 0 Å². The van der Waals surface area contributed by atoms with Crippen molar-refractivity contribution in [2.75, 3.05) is 7.11 Å². The third kappa shape index (κ3) is 4.01. The minimum Gasteiger partial charge on any atom is -0.465 e. The Morgan fingerprint density at radius 3 is 2.14 bits per heavy atom. The summed E-state index contributed by atoms with van der Waals surface area (Å²) in [5.74, 6) is -2.68. The van der Waals surface area contributed by atoms with Crippen molar-refractivity contribution in [3.05, 3.63) is 28.8 Å². The number of rotatable bonds is 2. The zero-order valence-corrected chi connectivity index (χ0v) is 10.1. The smallest absolute Gasteiger partial charge is 0.465 e. The number of hydrogen-bond donors (Lipinski definition) is 0. The van der Waals surface area contributed by atoms with Crippen molar-refractivity contribution in [3.8, 4) is 11.8 Å². The molecule has 0 heterocycles. The molecule has 0 atom stereocenters. The summed E-state index contributed by atoms with van der Waals surface area (Å²) < 4.78 is 82.0. The number of carbonyl (C=O) groups excluding carboxylic acids is 1. The number of methoxy groups -OCH3 is 1. The van der Waals surface area contributed by atoms with Crippen LogP contribution in [0.1, 0.15) is 21.5 Å². The Labute approximate surface area is 113 Å². The molecule has 21 heavy (non-hydrogen) atoms. The number of nitrogens with zero attached hydrogens (tertiary/aromatic N) is 1. The van der Waals surface area contributed by atoms with Crippen LogP contribution < -0.4 is 4.74 Å². The zero-order valence-electron chi connectivity index (χ0n) is 10.1. The summed E-state index contributed by atoms with van der Waals surface area (Å²) in [4.78, 5) is 11.3. The van der Waals surface area contributed by atoms with E-state index in [0.29, 0.717) is 6.07 Å². The normalized spacial score (nSPS) is 11.7. The van der Waals surface area contributed by atoms with Gasteiger partial charge >= 0.3 is 18.5 Å². The molecule has 0 aliphatic carbocycles. The molecule has 0 spiro atoms. The van der Waals surface area contributed by atoms with Crippen LogP contribution >= 0.6 is 0 Å². The van der Waals surface area contributed by atoms with Crippen molar-refractivity contribution in [1.29, 1.82) is 5.26 Å². The maximum absolute atomic E-state index is 12.8. The monoisotopic (exact) mass is 313 g/mol. The molecule has 0 bridgehead atoms. The van der Waals surface area contributed by atoms with Crippen LogP contribution in [0.2, 0.25) is 0 Å². The molecule has 0 N–H and O–H groups in total. The first-order valence-corrected chi connectivity index (χ1v) is 4.99. The number of alkyl halides is 6. The maximum atomic E-state index is 12.8. The van der Waals surface area contributed by atoms with Crippen LogP contribution in [0.4, 0.5) is 26.3 Å². The average Bonchev–Trinajstić information content (AvgIpc) is 2.33. The van der Waals surface area contributed by atoms with E-state index in [1.54, 1.807) is 0 Å². The van der Waals surface area contributed by atoms with Gasteiger partial charge in [0.1, 0.15) is 11.8 Å². The number of esters is 1. The fraction of sp³-hybridized carbons (Fsp3) is 0.273. The standard InChI is InChI=1S/C11H5F6NO3/c1-20-9(19)6-2-5(21-11(15,16)17)3-8(7(6)4-18)10(12,13)14/h2-3H,1H3. The van der Waals surface area contributed by atoms with Crippen LogP contribution in [0.3, 0.4) is 0 Å². The van der Waals surface area contributed by atoms with E-state index in [2.05, 4.69) is 9.47 Å². The fourth-order valence-electron chi connectivity index (χ4n) is 1.42. The molecule has 0 aromatic heterocycles. The SMILES string of the molecule is COC(=O)c1cc(OC(F)(F)F)cc(C(F)(F)F)c1C#N. The minimum atomic E-state index is -5.26. The predicted molar refractivity (Wildman–Crippen MR) is 54.2 cm³/mol. The molecule has 0 amide bonds. The number of ether oxygens (including phenoxy) is 2. The van der Waals surface area contributed by atoms with E-state index in [4.69, 9.17) is 5.26 Å². The molecule has 0 saturated carbocycles. The van der Waals surface area contributed by atoms with E-state index in [9.17, 15) is 31.1 Å². The van der Waals surface area contributed by atoms with Gasteiger partial charge in [-0.1, -0.05) is 0 Å². The highest BCUT2D eigenvalue weighted by Crippen LogP contribution is 2.37. The molecule has 10 heteroatoms. The summed E-state index contributed by atoms with van der Waals surface area (Å²) in [6, 6.07) is 1.46. The molecule has 0 saturated heterocycles. The third-order valence-corrected chi connectivity index (χ3v) is 2.17. The van der Waals surface area contributed by atoms with E-state index < -0.39 is 40.9 Å². The number of nitriles is 1. The van der Waals surface area contributed by atoms with Crippen molar-refractivity contribution in [2.45, 2.75) is 12.5 Å². The van der Waals surface area contributed by atoms with Gasteiger partial charge in [-0.3, -0.25) is 0 Å². The summed E-state index contributed by atoms with van der Waals surface area (Å²) in [6.45, 7) is 0. The summed E-state index contributed by atoms with van der Waals surface area (Å²) >= 11 is 0. The number of benzene rings is 1.